The number of amides is 3. The summed E-state index contributed by atoms with van der Waals surface area (Å²) in [5, 5.41) is 10.0. The first kappa shape index (κ1) is 14.4. The molecule has 1 saturated carbocycles. The van der Waals surface area contributed by atoms with E-state index in [0.717, 1.165) is 18.7 Å². The van der Waals surface area contributed by atoms with Gasteiger partial charge < -0.3 is 5.32 Å². The molecule has 1 aliphatic heterocycles. The average Bonchev–Trinajstić information content (AvgIpc) is 3.17. The zero-order valence-electron chi connectivity index (χ0n) is 12.0. The molecule has 2 fully saturated rings. The van der Waals surface area contributed by atoms with Gasteiger partial charge in [0.1, 0.15) is 5.82 Å². The maximum absolute atomic E-state index is 12.2. The minimum absolute atomic E-state index is 0.192. The topological polar surface area (TPSA) is 91.0 Å². The molecule has 8 heteroatoms. The molecule has 1 aliphatic carbocycles. The van der Waals surface area contributed by atoms with E-state index in [-0.39, 0.29) is 17.2 Å². The maximum Gasteiger partial charge on any atom is 0.324 e. The van der Waals surface area contributed by atoms with Gasteiger partial charge in [0.2, 0.25) is 11.1 Å². The third-order valence-electron chi connectivity index (χ3n) is 3.98. The monoisotopic (exact) mass is 309 g/mol. The molecule has 2 aliphatic rings. The molecule has 114 valence electrons. The summed E-state index contributed by atoms with van der Waals surface area (Å²) < 4.78 is 0. The Morgan fingerprint density at radius 1 is 1.43 bits per heavy atom. The second-order valence-corrected chi connectivity index (χ2v) is 6.77. The lowest BCUT2D eigenvalue weighted by Crippen LogP contribution is -2.38. The van der Waals surface area contributed by atoms with Gasteiger partial charge in [0, 0.05) is 19.0 Å². The van der Waals surface area contributed by atoms with Crippen LogP contribution in [-0.4, -0.2) is 50.4 Å². The number of nitrogens with one attached hydrogen (secondary N) is 2. The molecule has 2 heterocycles. The standard InChI is InChI=1S/C13H19N5O2S/c1-8(11(19)18-7-6-14-13(18)20)21-12-15-10(16-17-12)9-4-2-3-5-9/h8-9H,2-7H2,1H3,(H,14,20)(H,15,16,17)/t8-/m0/s1. The zero-order chi connectivity index (χ0) is 14.8. The molecular weight excluding hydrogens is 290 g/mol. The van der Waals surface area contributed by atoms with Crippen LogP contribution in [0.1, 0.15) is 44.3 Å². The lowest BCUT2D eigenvalue weighted by Gasteiger charge is -2.16. The summed E-state index contributed by atoms with van der Waals surface area (Å²) in [5.41, 5.74) is 0. The quantitative estimate of drug-likeness (QED) is 0.822. The summed E-state index contributed by atoms with van der Waals surface area (Å²) in [6.07, 6.45) is 4.79. The molecule has 0 unspecified atom stereocenters. The Balaban J connectivity index is 1.60. The van der Waals surface area contributed by atoms with E-state index < -0.39 is 0 Å². The first-order chi connectivity index (χ1) is 10.1. The van der Waals surface area contributed by atoms with Gasteiger partial charge in [-0.05, 0) is 19.8 Å². The third-order valence-corrected chi connectivity index (χ3v) is 4.93. The summed E-state index contributed by atoms with van der Waals surface area (Å²) in [7, 11) is 0. The molecule has 1 atom stereocenters. The highest BCUT2D eigenvalue weighted by Gasteiger charge is 2.31. The van der Waals surface area contributed by atoms with Crippen molar-refractivity contribution in [3.05, 3.63) is 5.82 Å². The fourth-order valence-corrected chi connectivity index (χ4v) is 3.60. The molecule has 0 aromatic carbocycles. The van der Waals surface area contributed by atoms with Crippen LogP contribution in [0.5, 0.6) is 0 Å². The molecule has 3 rings (SSSR count). The fraction of sp³-hybridized carbons (Fsp3) is 0.692. The number of nitrogens with zero attached hydrogens (tertiary/aromatic N) is 3. The molecule has 0 bridgehead atoms. The highest BCUT2D eigenvalue weighted by Crippen LogP contribution is 2.33. The Labute approximate surface area is 127 Å². The molecule has 21 heavy (non-hydrogen) atoms. The Morgan fingerprint density at radius 3 is 2.86 bits per heavy atom. The zero-order valence-corrected chi connectivity index (χ0v) is 12.8. The van der Waals surface area contributed by atoms with Crippen LogP contribution in [0.3, 0.4) is 0 Å². The van der Waals surface area contributed by atoms with Gasteiger partial charge in [-0.1, -0.05) is 24.6 Å². The first-order valence-corrected chi connectivity index (χ1v) is 8.21. The second-order valence-electron chi connectivity index (χ2n) is 5.47. The van der Waals surface area contributed by atoms with E-state index in [9.17, 15) is 9.59 Å². The lowest BCUT2D eigenvalue weighted by atomic mass is 10.1. The summed E-state index contributed by atoms with van der Waals surface area (Å²) in [6.45, 7) is 2.74. The molecule has 3 amide bonds. The SMILES string of the molecule is C[C@H](Sc1n[nH]c(C2CCCC2)n1)C(=O)N1CCNC1=O. The number of hydrogen-bond acceptors (Lipinski definition) is 5. The lowest BCUT2D eigenvalue weighted by molar-refractivity contribution is -0.126. The third kappa shape index (κ3) is 3.04. The van der Waals surface area contributed by atoms with Crippen molar-refractivity contribution < 1.29 is 9.59 Å². The van der Waals surface area contributed by atoms with Crippen molar-refractivity contribution in [2.75, 3.05) is 13.1 Å². The van der Waals surface area contributed by atoms with Gasteiger partial charge in [-0.2, -0.15) is 0 Å². The number of hydrogen-bond donors (Lipinski definition) is 2. The van der Waals surface area contributed by atoms with Crippen LogP contribution in [0, 0.1) is 0 Å². The van der Waals surface area contributed by atoms with Crippen LogP contribution in [0.15, 0.2) is 5.16 Å². The van der Waals surface area contributed by atoms with Crippen molar-refractivity contribution in [2.24, 2.45) is 0 Å². The van der Waals surface area contributed by atoms with E-state index >= 15 is 0 Å². The van der Waals surface area contributed by atoms with E-state index in [4.69, 9.17) is 0 Å². The van der Waals surface area contributed by atoms with Crippen molar-refractivity contribution in [2.45, 2.75) is 48.9 Å². The Kier molecular flexibility index (Phi) is 4.14. The minimum atomic E-state index is -0.374. The minimum Gasteiger partial charge on any atom is -0.336 e. The first-order valence-electron chi connectivity index (χ1n) is 7.33. The maximum atomic E-state index is 12.2. The Morgan fingerprint density at radius 2 is 2.19 bits per heavy atom. The molecule has 0 spiro atoms. The molecule has 1 aromatic heterocycles. The van der Waals surface area contributed by atoms with Crippen LogP contribution in [-0.2, 0) is 4.79 Å². The number of carbonyl (C=O) groups is 2. The van der Waals surface area contributed by atoms with Crippen molar-refractivity contribution >= 4 is 23.7 Å². The number of imide groups is 1. The Hall–Kier alpha value is -1.57. The van der Waals surface area contributed by atoms with Crippen molar-refractivity contribution in [3.8, 4) is 0 Å². The van der Waals surface area contributed by atoms with Crippen LogP contribution in [0.25, 0.3) is 0 Å². The number of H-pyrrole nitrogens is 1. The van der Waals surface area contributed by atoms with Gasteiger partial charge in [0.05, 0.1) is 5.25 Å². The van der Waals surface area contributed by atoms with Crippen LogP contribution >= 0.6 is 11.8 Å². The van der Waals surface area contributed by atoms with E-state index in [2.05, 4.69) is 20.5 Å². The summed E-state index contributed by atoms with van der Waals surface area (Å²) >= 11 is 1.30. The van der Waals surface area contributed by atoms with Gasteiger partial charge in [0.25, 0.3) is 0 Å². The van der Waals surface area contributed by atoms with Gasteiger partial charge >= 0.3 is 6.03 Å². The van der Waals surface area contributed by atoms with Gasteiger partial charge in [-0.3, -0.25) is 14.8 Å². The van der Waals surface area contributed by atoms with E-state index in [1.165, 1.54) is 29.5 Å². The average molecular weight is 309 g/mol. The van der Waals surface area contributed by atoms with Crippen molar-refractivity contribution in [1.82, 2.24) is 25.4 Å². The summed E-state index contributed by atoms with van der Waals surface area (Å²) in [5.74, 6) is 1.21. The number of carbonyl (C=O) groups excluding carboxylic acids is 2. The number of urea groups is 1. The number of aromatic amines is 1. The summed E-state index contributed by atoms with van der Waals surface area (Å²) in [6, 6.07) is -0.311. The molecular formula is C13H19N5O2S. The van der Waals surface area contributed by atoms with E-state index in [1.807, 2.05) is 0 Å². The highest BCUT2D eigenvalue weighted by atomic mass is 32.2. The number of aromatic nitrogens is 3. The van der Waals surface area contributed by atoms with Gasteiger partial charge in [-0.25, -0.2) is 9.78 Å². The normalized spacial score (nSPS) is 20.8. The molecule has 1 saturated heterocycles. The molecule has 0 radical (unpaired) electrons. The predicted octanol–water partition coefficient (Wildman–Crippen LogP) is 1.49. The van der Waals surface area contributed by atoms with E-state index in [1.54, 1.807) is 6.92 Å². The van der Waals surface area contributed by atoms with Gasteiger partial charge in [-0.15, -0.1) is 5.10 Å². The number of thioether (sulfide) groups is 1. The molecule has 1 aromatic rings. The van der Waals surface area contributed by atoms with Crippen molar-refractivity contribution in [3.63, 3.8) is 0 Å². The number of rotatable bonds is 4. The second kappa shape index (κ2) is 6.05. The largest absolute Gasteiger partial charge is 0.336 e. The van der Waals surface area contributed by atoms with Crippen LogP contribution in [0.2, 0.25) is 0 Å². The molecule has 7 nitrogen and oxygen atoms in total. The Bertz CT molecular complexity index is 540. The summed E-state index contributed by atoms with van der Waals surface area (Å²) in [4.78, 5) is 29.4. The predicted molar refractivity (Wildman–Crippen MR) is 78.0 cm³/mol. The smallest absolute Gasteiger partial charge is 0.324 e. The van der Waals surface area contributed by atoms with Crippen LogP contribution in [0.4, 0.5) is 4.79 Å². The van der Waals surface area contributed by atoms with Gasteiger partial charge in [0.15, 0.2) is 0 Å². The van der Waals surface area contributed by atoms with Crippen molar-refractivity contribution in [1.29, 1.82) is 0 Å². The van der Waals surface area contributed by atoms with Crippen LogP contribution < -0.4 is 5.32 Å². The fourth-order valence-electron chi connectivity index (χ4n) is 2.80. The van der Waals surface area contributed by atoms with E-state index in [0.29, 0.717) is 24.2 Å². The molecule has 2 N–H and O–H groups in total. The highest BCUT2D eigenvalue weighted by molar-refractivity contribution is 8.00.